The summed E-state index contributed by atoms with van der Waals surface area (Å²) in [7, 11) is 0. The van der Waals surface area contributed by atoms with Crippen LogP contribution < -0.4 is 5.32 Å². The molecule has 0 bridgehead atoms. The number of nitriles is 1. The highest BCUT2D eigenvalue weighted by Gasteiger charge is 2.10. The third-order valence-electron chi connectivity index (χ3n) is 2.47. The molecule has 2 aromatic heterocycles. The van der Waals surface area contributed by atoms with E-state index in [1.165, 1.54) is 6.07 Å². The molecule has 0 saturated carbocycles. The number of nitrogens with one attached hydrogen (secondary N) is 1. The van der Waals surface area contributed by atoms with Crippen molar-refractivity contribution in [1.82, 2.24) is 9.97 Å². The summed E-state index contributed by atoms with van der Waals surface area (Å²) < 4.78 is 0. The summed E-state index contributed by atoms with van der Waals surface area (Å²) in [5.74, 6) is -0.342. The molecule has 0 aliphatic carbocycles. The predicted octanol–water partition coefficient (Wildman–Crippen LogP) is 2.22. The van der Waals surface area contributed by atoms with Crippen LogP contribution in [0, 0.1) is 25.2 Å². The van der Waals surface area contributed by atoms with Crippen molar-refractivity contribution in [3.63, 3.8) is 0 Å². The molecule has 94 valence electrons. The minimum absolute atomic E-state index is 0.228. The van der Waals surface area contributed by atoms with Crippen molar-refractivity contribution >= 4 is 11.6 Å². The molecule has 0 aliphatic rings. The standard InChI is InChI=1S/C14H12N4O/c1-9-6-12(3-4-16-9)18-14(19)13-7-11(8-15)5-10(2)17-13/h3-7H,1-2H3,(H,16,18,19). The highest BCUT2D eigenvalue weighted by atomic mass is 16.1. The van der Waals surface area contributed by atoms with Crippen LogP contribution in [0.5, 0.6) is 0 Å². The minimum Gasteiger partial charge on any atom is -0.321 e. The Morgan fingerprint density at radius 2 is 2.05 bits per heavy atom. The normalized spacial score (nSPS) is 9.74. The number of nitrogens with zero attached hydrogens (tertiary/aromatic N) is 3. The van der Waals surface area contributed by atoms with Gasteiger partial charge in [0.05, 0.1) is 11.6 Å². The summed E-state index contributed by atoms with van der Waals surface area (Å²) >= 11 is 0. The van der Waals surface area contributed by atoms with Crippen molar-refractivity contribution in [1.29, 1.82) is 5.26 Å². The van der Waals surface area contributed by atoms with E-state index >= 15 is 0 Å². The second-order valence-electron chi connectivity index (χ2n) is 4.13. The summed E-state index contributed by atoms with van der Waals surface area (Å²) in [4.78, 5) is 20.2. The number of carbonyl (C=O) groups excluding carboxylic acids is 1. The maximum absolute atomic E-state index is 12.0. The van der Waals surface area contributed by atoms with Crippen molar-refractivity contribution in [2.75, 3.05) is 5.32 Å². The van der Waals surface area contributed by atoms with Crippen LogP contribution in [0.1, 0.15) is 27.4 Å². The van der Waals surface area contributed by atoms with Crippen LogP contribution >= 0.6 is 0 Å². The van der Waals surface area contributed by atoms with Gasteiger partial charge in [0.2, 0.25) is 0 Å². The van der Waals surface area contributed by atoms with Gasteiger partial charge in [0.15, 0.2) is 0 Å². The van der Waals surface area contributed by atoms with Gasteiger partial charge in [0.1, 0.15) is 5.69 Å². The molecule has 0 spiro atoms. The quantitative estimate of drug-likeness (QED) is 0.888. The highest BCUT2D eigenvalue weighted by Crippen LogP contribution is 2.10. The number of aromatic nitrogens is 2. The second kappa shape index (κ2) is 5.27. The van der Waals surface area contributed by atoms with Gasteiger partial charge < -0.3 is 5.32 Å². The first-order chi connectivity index (χ1) is 9.08. The SMILES string of the molecule is Cc1cc(NC(=O)c2cc(C#N)cc(C)n2)ccn1. The molecular weight excluding hydrogens is 240 g/mol. The number of rotatable bonds is 2. The maximum Gasteiger partial charge on any atom is 0.274 e. The van der Waals surface area contributed by atoms with E-state index in [0.717, 1.165) is 5.69 Å². The van der Waals surface area contributed by atoms with Gasteiger partial charge in [-0.05, 0) is 38.1 Å². The number of amides is 1. The fraction of sp³-hybridized carbons (Fsp3) is 0.143. The Morgan fingerprint density at radius 3 is 2.74 bits per heavy atom. The van der Waals surface area contributed by atoms with E-state index < -0.39 is 0 Å². The van der Waals surface area contributed by atoms with Gasteiger partial charge in [0.25, 0.3) is 5.91 Å². The van der Waals surface area contributed by atoms with Gasteiger partial charge in [-0.1, -0.05) is 0 Å². The van der Waals surface area contributed by atoms with Crippen molar-refractivity contribution in [3.8, 4) is 6.07 Å². The second-order valence-corrected chi connectivity index (χ2v) is 4.13. The first-order valence-corrected chi connectivity index (χ1v) is 5.71. The van der Waals surface area contributed by atoms with Crippen LogP contribution in [-0.4, -0.2) is 15.9 Å². The summed E-state index contributed by atoms with van der Waals surface area (Å²) in [5.41, 5.74) is 2.75. The Balaban J connectivity index is 2.25. The van der Waals surface area contributed by atoms with Crippen LogP contribution in [0.4, 0.5) is 5.69 Å². The number of hydrogen-bond donors (Lipinski definition) is 1. The summed E-state index contributed by atoms with van der Waals surface area (Å²) in [6.45, 7) is 3.59. The largest absolute Gasteiger partial charge is 0.321 e. The minimum atomic E-state index is -0.342. The molecular formula is C14H12N4O. The molecule has 0 aliphatic heterocycles. The molecule has 1 amide bonds. The number of anilines is 1. The molecule has 0 fully saturated rings. The van der Waals surface area contributed by atoms with Crippen LogP contribution in [0.2, 0.25) is 0 Å². The Kier molecular flexibility index (Phi) is 3.53. The third kappa shape index (κ3) is 3.13. The molecule has 2 rings (SSSR count). The Bertz CT molecular complexity index is 673. The molecule has 5 heteroatoms. The Labute approximate surface area is 110 Å². The summed E-state index contributed by atoms with van der Waals surface area (Å²) in [5, 5.41) is 11.6. The molecule has 0 saturated heterocycles. The van der Waals surface area contributed by atoms with Gasteiger partial charge in [-0.15, -0.1) is 0 Å². The van der Waals surface area contributed by atoms with Gasteiger partial charge in [0, 0.05) is 23.3 Å². The average Bonchev–Trinajstić information content (AvgIpc) is 2.38. The van der Waals surface area contributed by atoms with E-state index in [2.05, 4.69) is 15.3 Å². The van der Waals surface area contributed by atoms with E-state index in [0.29, 0.717) is 16.9 Å². The van der Waals surface area contributed by atoms with Crippen molar-refractivity contribution in [3.05, 3.63) is 53.1 Å². The van der Waals surface area contributed by atoms with E-state index in [-0.39, 0.29) is 11.6 Å². The molecule has 5 nitrogen and oxygen atoms in total. The molecule has 0 radical (unpaired) electrons. The monoisotopic (exact) mass is 252 g/mol. The van der Waals surface area contributed by atoms with Gasteiger partial charge >= 0.3 is 0 Å². The smallest absolute Gasteiger partial charge is 0.274 e. The number of aryl methyl sites for hydroxylation is 2. The zero-order valence-corrected chi connectivity index (χ0v) is 10.6. The molecule has 19 heavy (non-hydrogen) atoms. The zero-order chi connectivity index (χ0) is 13.8. The maximum atomic E-state index is 12.0. The number of carbonyl (C=O) groups is 1. The lowest BCUT2D eigenvalue weighted by Crippen LogP contribution is -2.14. The van der Waals surface area contributed by atoms with Crippen molar-refractivity contribution < 1.29 is 4.79 Å². The fourth-order valence-corrected chi connectivity index (χ4v) is 1.67. The lowest BCUT2D eigenvalue weighted by atomic mass is 10.2. The van der Waals surface area contributed by atoms with Crippen LogP contribution in [0.3, 0.4) is 0 Å². The van der Waals surface area contributed by atoms with Crippen LogP contribution in [-0.2, 0) is 0 Å². The van der Waals surface area contributed by atoms with E-state index in [4.69, 9.17) is 5.26 Å². The highest BCUT2D eigenvalue weighted by molar-refractivity contribution is 6.03. The van der Waals surface area contributed by atoms with Crippen molar-refractivity contribution in [2.24, 2.45) is 0 Å². The molecule has 0 atom stereocenters. The third-order valence-corrected chi connectivity index (χ3v) is 2.47. The average molecular weight is 252 g/mol. The number of hydrogen-bond acceptors (Lipinski definition) is 4. The van der Waals surface area contributed by atoms with Gasteiger partial charge in [-0.2, -0.15) is 5.26 Å². The Hall–Kier alpha value is -2.74. The van der Waals surface area contributed by atoms with E-state index in [1.807, 2.05) is 13.0 Å². The van der Waals surface area contributed by atoms with E-state index in [1.54, 1.807) is 31.3 Å². The fourth-order valence-electron chi connectivity index (χ4n) is 1.67. The molecule has 2 aromatic rings. The van der Waals surface area contributed by atoms with Crippen LogP contribution in [0.15, 0.2) is 30.5 Å². The van der Waals surface area contributed by atoms with Crippen molar-refractivity contribution in [2.45, 2.75) is 13.8 Å². The first kappa shape index (κ1) is 12.7. The van der Waals surface area contributed by atoms with E-state index in [9.17, 15) is 4.79 Å². The first-order valence-electron chi connectivity index (χ1n) is 5.71. The topological polar surface area (TPSA) is 78.7 Å². The molecule has 0 aromatic carbocycles. The summed E-state index contributed by atoms with van der Waals surface area (Å²) in [6.07, 6.45) is 1.62. The lowest BCUT2D eigenvalue weighted by molar-refractivity contribution is 0.102. The van der Waals surface area contributed by atoms with Gasteiger partial charge in [-0.25, -0.2) is 4.98 Å². The molecule has 0 unspecified atom stereocenters. The van der Waals surface area contributed by atoms with Gasteiger partial charge in [-0.3, -0.25) is 9.78 Å². The lowest BCUT2D eigenvalue weighted by Gasteiger charge is -2.06. The number of pyridine rings is 2. The zero-order valence-electron chi connectivity index (χ0n) is 10.6. The predicted molar refractivity (Wildman–Crippen MR) is 70.6 cm³/mol. The van der Waals surface area contributed by atoms with Crippen LogP contribution in [0.25, 0.3) is 0 Å². The summed E-state index contributed by atoms with van der Waals surface area (Å²) in [6, 6.07) is 8.57. The Morgan fingerprint density at radius 1 is 1.26 bits per heavy atom. The molecule has 1 N–H and O–H groups in total. The molecule has 2 heterocycles.